The fourth-order valence-electron chi connectivity index (χ4n) is 7.06. The zero-order chi connectivity index (χ0) is 27.1. The van der Waals surface area contributed by atoms with E-state index in [4.69, 9.17) is 4.74 Å². The maximum atomic E-state index is 14.5. The lowest BCUT2D eigenvalue weighted by atomic mass is 9.66. The van der Waals surface area contributed by atoms with Crippen LogP contribution >= 0.6 is 11.8 Å². The van der Waals surface area contributed by atoms with Crippen LogP contribution in [0.2, 0.25) is 0 Å². The van der Waals surface area contributed by atoms with Gasteiger partial charge in [0.2, 0.25) is 11.8 Å². The van der Waals surface area contributed by atoms with Gasteiger partial charge in [-0.3, -0.25) is 14.4 Å². The highest BCUT2D eigenvalue weighted by molar-refractivity contribution is 8.02. The Morgan fingerprint density at radius 2 is 1.92 bits per heavy atom. The number of esters is 1. The molecule has 3 saturated heterocycles. The highest BCUT2D eigenvalue weighted by Crippen LogP contribution is 2.68. The van der Waals surface area contributed by atoms with Crippen molar-refractivity contribution in [2.75, 3.05) is 26.3 Å². The number of rotatable bonds is 11. The molecule has 1 spiro atoms. The molecule has 3 fully saturated rings. The molecular weight excluding hydrogens is 476 g/mol. The van der Waals surface area contributed by atoms with Crippen LogP contribution in [0, 0.1) is 23.2 Å². The summed E-state index contributed by atoms with van der Waals surface area (Å²) in [5, 5.41) is 9.81. The first kappa shape index (κ1) is 28.8. The average molecular weight is 521 g/mol. The third-order valence-electron chi connectivity index (χ3n) is 7.93. The van der Waals surface area contributed by atoms with E-state index in [1.54, 1.807) is 28.8 Å². The minimum atomic E-state index is -0.752. The molecular formula is C28H44N2O5S. The Morgan fingerprint density at radius 1 is 1.25 bits per heavy atom. The fraction of sp³-hybridized carbons (Fsp3) is 0.750. The minimum Gasteiger partial charge on any atom is -0.465 e. The number of thioether (sulfide) groups is 1. The summed E-state index contributed by atoms with van der Waals surface area (Å²) in [7, 11) is 0. The fourth-order valence-corrected chi connectivity index (χ4v) is 9.46. The van der Waals surface area contributed by atoms with Crippen molar-refractivity contribution in [2.45, 2.75) is 82.4 Å². The lowest BCUT2D eigenvalue weighted by Gasteiger charge is -2.46. The molecule has 0 saturated carbocycles. The van der Waals surface area contributed by atoms with Gasteiger partial charge in [0.25, 0.3) is 0 Å². The second-order valence-corrected chi connectivity index (χ2v) is 13.9. The predicted molar refractivity (Wildman–Crippen MR) is 143 cm³/mol. The first-order valence-electron chi connectivity index (χ1n) is 13.1. The van der Waals surface area contributed by atoms with Gasteiger partial charge in [-0.15, -0.1) is 24.9 Å². The zero-order valence-electron chi connectivity index (χ0n) is 22.8. The molecule has 3 aliphatic rings. The van der Waals surface area contributed by atoms with Gasteiger partial charge in [-0.2, -0.15) is 0 Å². The number of β-amino-alcohol motifs (C(OH)–C–C–N with tert-alkyl or cyclic N) is 1. The lowest BCUT2D eigenvalue weighted by Crippen LogP contribution is -2.61. The molecule has 0 aromatic heterocycles. The number of ether oxygens (including phenoxy) is 1. The topological polar surface area (TPSA) is 87.2 Å². The third kappa shape index (κ3) is 4.87. The number of carbonyl (C=O) groups excluding carboxylic acids is 3. The largest absolute Gasteiger partial charge is 0.465 e. The number of amides is 2. The molecule has 3 unspecified atom stereocenters. The van der Waals surface area contributed by atoms with Gasteiger partial charge in [0.05, 0.1) is 29.8 Å². The molecule has 202 valence electrons. The van der Waals surface area contributed by atoms with Crippen LogP contribution in [0.3, 0.4) is 0 Å². The summed E-state index contributed by atoms with van der Waals surface area (Å²) >= 11 is 1.62. The van der Waals surface area contributed by atoms with Crippen molar-refractivity contribution in [3.05, 3.63) is 25.3 Å². The van der Waals surface area contributed by atoms with E-state index >= 15 is 0 Å². The van der Waals surface area contributed by atoms with E-state index in [0.717, 1.165) is 12.8 Å². The second kappa shape index (κ2) is 10.5. The molecule has 3 heterocycles. The maximum absolute atomic E-state index is 14.5. The van der Waals surface area contributed by atoms with Crippen molar-refractivity contribution in [3.8, 4) is 0 Å². The molecule has 8 heteroatoms. The Hall–Kier alpha value is -1.80. The van der Waals surface area contributed by atoms with E-state index in [0.29, 0.717) is 13.0 Å². The van der Waals surface area contributed by atoms with Gasteiger partial charge in [0.15, 0.2) is 0 Å². The molecule has 2 bridgehead atoms. The summed E-state index contributed by atoms with van der Waals surface area (Å²) in [6.07, 6.45) is 5.48. The van der Waals surface area contributed by atoms with E-state index < -0.39 is 28.2 Å². The number of aliphatic hydroxyl groups is 1. The molecule has 36 heavy (non-hydrogen) atoms. The van der Waals surface area contributed by atoms with Crippen molar-refractivity contribution >= 4 is 29.5 Å². The molecule has 7 nitrogen and oxygen atoms in total. The molecule has 0 aromatic carbocycles. The van der Waals surface area contributed by atoms with Gasteiger partial charge < -0.3 is 19.6 Å². The quantitative estimate of drug-likeness (QED) is 0.254. The molecule has 0 aliphatic carbocycles. The van der Waals surface area contributed by atoms with Crippen molar-refractivity contribution in [2.24, 2.45) is 23.2 Å². The van der Waals surface area contributed by atoms with Crippen LogP contribution in [0.4, 0.5) is 0 Å². The predicted octanol–water partition coefficient (Wildman–Crippen LogP) is 3.66. The first-order valence-corrected chi connectivity index (χ1v) is 13.9. The number of nitrogens with zero attached hydrogens (tertiary/aromatic N) is 2. The lowest BCUT2D eigenvalue weighted by molar-refractivity contribution is -0.154. The number of hydrogen-bond donors (Lipinski definition) is 1. The Morgan fingerprint density at radius 3 is 2.47 bits per heavy atom. The Kier molecular flexibility index (Phi) is 8.41. The van der Waals surface area contributed by atoms with E-state index in [-0.39, 0.29) is 54.1 Å². The second-order valence-electron chi connectivity index (χ2n) is 12.3. The number of carbonyl (C=O) groups is 3. The van der Waals surface area contributed by atoms with Crippen molar-refractivity contribution < 1.29 is 24.2 Å². The van der Waals surface area contributed by atoms with Crippen LogP contribution in [0.1, 0.15) is 60.8 Å². The number of aliphatic hydroxyl groups excluding tert-OH is 1. The molecule has 1 N–H and O–H groups in total. The standard InChI is InChI=1S/C28H44N2O5S/c1-9-11-15-35-25(34)20-19-16-18(3)28(36-19)21(20)23(32)29(13-14-31)22(28)24(33)30(12-10-2)27(7,8)17-26(4,5)6/h9-10,18-22,31H,1-2,11-17H2,3-8H3/t18?,19-,20+,21-,22?,28?/m0/s1. The van der Waals surface area contributed by atoms with E-state index in [1.807, 2.05) is 4.90 Å². The van der Waals surface area contributed by atoms with Crippen LogP contribution in [0.5, 0.6) is 0 Å². The summed E-state index contributed by atoms with van der Waals surface area (Å²) in [5.41, 5.74) is -0.506. The van der Waals surface area contributed by atoms with Crippen LogP contribution in [0.15, 0.2) is 25.3 Å². The van der Waals surface area contributed by atoms with Gasteiger partial charge in [-0.1, -0.05) is 39.8 Å². The van der Waals surface area contributed by atoms with Crippen LogP contribution in [-0.4, -0.2) is 80.6 Å². The summed E-state index contributed by atoms with van der Waals surface area (Å²) < 4.78 is 4.81. The zero-order valence-corrected chi connectivity index (χ0v) is 23.6. The van der Waals surface area contributed by atoms with Crippen LogP contribution in [-0.2, 0) is 19.1 Å². The molecule has 6 atom stereocenters. The van der Waals surface area contributed by atoms with Crippen molar-refractivity contribution in [1.82, 2.24) is 9.80 Å². The number of fused-ring (bicyclic) bond motifs is 1. The maximum Gasteiger partial charge on any atom is 0.310 e. The van der Waals surface area contributed by atoms with E-state index in [1.165, 1.54) is 0 Å². The summed E-state index contributed by atoms with van der Waals surface area (Å²) in [6.45, 7) is 20.6. The number of likely N-dealkylation sites (tertiary alicyclic amines) is 1. The van der Waals surface area contributed by atoms with Gasteiger partial charge in [0, 0.05) is 23.9 Å². The smallest absolute Gasteiger partial charge is 0.310 e. The molecule has 3 aliphatic heterocycles. The van der Waals surface area contributed by atoms with Gasteiger partial charge in [-0.25, -0.2) is 0 Å². The van der Waals surface area contributed by atoms with E-state index in [9.17, 15) is 19.5 Å². The Bertz CT molecular complexity index is 897. The highest BCUT2D eigenvalue weighted by Gasteiger charge is 2.76. The normalized spacial score (nSPS) is 31.4. The Balaban J connectivity index is 2.05. The highest BCUT2D eigenvalue weighted by atomic mass is 32.2. The van der Waals surface area contributed by atoms with Gasteiger partial charge in [-0.05, 0) is 44.4 Å². The van der Waals surface area contributed by atoms with Crippen molar-refractivity contribution in [3.63, 3.8) is 0 Å². The first-order chi connectivity index (χ1) is 16.8. The summed E-state index contributed by atoms with van der Waals surface area (Å²) in [5.74, 6) is -1.87. The van der Waals surface area contributed by atoms with Gasteiger partial charge >= 0.3 is 5.97 Å². The summed E-state index contributed by atoms with van der Waals surface area (Å²) in [6, 6.07) is -0.752. The minimum absolute atomic E-state index is 0.0194. The Labute approximate surface area is 220 Å². The van der Waals surface area contributed by atoms with E-state index in [2.05, 4.69) is 54.7 Å². The third-order valence-corrected chi connectivity index (χ3v) is 10.0. The van der Waals surface area contributed by atoms with Gasteiger partial charge in [0.1, 0.15) is 6.04 Å². The number of hydrogen-bond acceptors (Lipinski definition) is 6. The molecule has 3 rings (SSSR count). The average Bonchev–Trinajstić information content (AvgIpc) is 3.34. The molecule has 2 amide bonds. The summed E-state index contributed by atoms with van der Waals surface area (Å²) in [4.78, 5) is 45.0. The monoisotopic (exact) mass is 520 g/mol. The van der Waals surface area contributed by atoms with Crippen LogP contribution in [0.25, 0.3) is 0 Å². The van der Waals surface area contributed by atoms with Crippen molar-refractivity contribution in [1.29, 1.82) is 0 Å². The SMILES string of the molecule is C=CCCOC(=O)[C@@H]1[C@@H]2CC(C)C3(S2)C(C(=O)N(CC=C)C(C)(C)CC(C)(C)C)N(CCO)C(=O)[C@H]13. The molecule has 0 aromatic rings. The van der Waals surface area contributed by atoms with Crippen LogP contribution < -0.4 is 0 Å². The molecule has 0 radical (unpaired) electrons.